The maximum atomic E-state index is 12.2. The van der Waals surface area contributed by atoms with Crippen molar-refractivity contribution in [1.29, 1.82) is 0 Å². The molecule has 0 radical (unpaired) electrons. The van der Waals surface area contributed by atoms with Crippen LogP contribution in [0.4, 0.5) is 0 Å². The Hall–Kier alpha value is -1.42. The van der Waals surface area contributed by atoms with Crippen LogP contribution in [0.15, 0.2) is 47.5 Å². The molecule has 1 heterocycles. The molecule has 0 N–H and O–H groups in total. The highest BCUT2D eigenvalue weighted by Crippen LogP contribution is 2.32. The zero-order valence-electron chi connectivity index (χ0n) is 9.28. The Morgan fingerprint density at radius 1 is 1.18 bits per heavy atom. The first-order valence-electron chi connectivity index (χ1n) is 5.68. The number of nitrogens with zero attached hydrogens (tertiary/aromatic N) is 1. The standard InChI is InChI=1S/C13H13NO2S/c15-17(16,9-10-4-2-1-3-5-10)13-11-6-7-12(8-11)14-13/h1-7,11-12H,8-9H2. The van der Waals surface area contributed by atoms with E-state index < -0.39 is 9.84 Å². The quantitative estimate of drug-likeness (QED) is 0.750. The van der Waals surface area contributed by atoms with Gasteiger partial charge < -0.3 is 0 Å². The molecule has 1 aliphatic carbocycles. The van der Waals surface area contributed by atoms with E-state index in [1.54, 1.807) is 0 Å². The molecule has 2 aliphatic rings. The lowest BCUT2D eigenvalue weighted by Crippen LogP contribution is -2.21. The van der Waals surface area contributed by atoms with Crippen LogP contribution in [0.3, 0.4) is 0 Å². The van der Waals surface area contributed by atoms with Gasteiger partial charge >= 0.3 is 0 Å². The number of benzene rings is 1. The third-order valence-electron chi connectivity index (χ3n) is 3.19. The number of allylic oxidation sites excluding steroid dienone is 1. The molecule has 0 aromatic heterocycles. The third kappa shape index (κ3) is 1.93. The van der Waals surface area contributed by atoms with Crippen molar-refractivity contribution >= 4 is 14.9 Å². The summed E-state index contributed by atoms with van der Waals surface area (Å²) < 4.78 is 24.5. The smallest absolute Gasteiger partial charge is 0.195 e. The maximum Gasteiger partial charge on any atom is 0.195 e. The zero-order valence-corrected chi connectivity index (χ0v) is 10.1. The SMILES string of the molecule is O=S(=O)(Cc1ccccc1)C1=NC2C=CC1C2. The van der Waals surface area contributed by atoms with Crippen molar-refractivity contribution in [3.05, 3.63) is 48.0 Å². The normalized spacial score (nSPS) is 26.2. The number of hydrogen-bond donors (Lipinski definition) is 0. The summed E-state index contributed by atoms with van der Waals surface area (Å²) in [7, 11) is -3.25. The van der Waals surface area contributed by atoms with E-state index in [4.69, 9.17) is 0 Å². The molecule has 0 spiro atoms. The summed E-state index contributed by atoms with van der Waals surface area (Å²) in [5.41, 5.74) is 0.821. The number of rotatable bonds is 2. The van der Waals surface area contributed by atoms with Gasteiger partial charge in [-0.15, -0.1) is 0 Å². The number of sulfone groups is 1. The molecule has 88 valence electrons. The van der Waals surface area contributed by atoms with Gasteiger partial charge in [0, 0.05) is 5.92 Å². The van der Waals surface area contributed by atoms with Gasteiger partial charge in [-0.3, -0.25) is 4.99 Å². The molecule has 1 aromatic carbocycles. The van der Waals surface area contributed by atoms with Crippen LogP contribution in [-0.2, 0) is 15.6 Å². The van der Waals surface area contributed by atoms with Crippen molar-refractivity contribution in [1.82, 2.24) is 0 Å². The highest BCUT2D eigenvalue weighted by Gasteiger charge is 2.37. The molecule has 3 nitrogen and oxygen atoms in total. The van der Waals surface area contributed by atoms with Crippen LogP contribution in [0, 0.1) is 5.92 Å². The van der Waals surface area contributed by atoms with Crippen LogP contribution in [0.25, 0.3) is 0 Å². The lowest BCUT2D eigenvalue weighted by atomic mass is 10.2. The van der Waals surface area contributed by atoms with E-state index in [0.29, 0.717) is 5.04 Å². The van der Waals surface area contributed by atoms with Crippen LogP contribution in [0.1, 0.15) is 12.0 Å². The Labute approximate surface area is 101 Å². The van der Waals surface area contributed by atoms with Crippen molar-refractivity contribution in [2.45, 2.75) is 18.2 Å². The summed E-state index contributed by atoms with van der Waals surface area (Å²) in [4.78, 5) is 4.27. The van der Waals surface area contributed by atoms with Crippen LogP contribution in [-0.4, -0.2) is 19.5 Å². The Morgan fingerprint density at radius 3 is 2.53 bits per heavy atom. The van der Waals surface area contributed by atoms with Crippen molar-refractivity contribution in [3.63, 3.8) is 0 Å². The van der Waals surface area contributed by atoms with E-state index in [0.717, 1.165) is 12.0 Å². The highest BCUT2D eigenvalue weighted by atomic mass is 32.2. The monoisotopic (exact) mass is 247 g/mol. The van der Waals surface area contributed by atoms with Gasteiger partial charge in [0.05, 0.1) is 11.8 Å². The molecule has 4 heteroatoms. The minimum absolute atomic E-state index is 0.0220. The highest BCUT2D eigenvalue weighted by molar-refractivity contribution is 8.05. The minimum Gasteiger partial charge on any atom is -0.270 e. The second-order valence-electron chi connectivity index (χ2n) is 4.51. The van der Waals surface area contributed by atoms with Gasteiger partial charge in [-0.25, -0.2) is 8.42 Å². The zero-order chi connectivity index (χ0) is 11.9. The fourth-order valence-corrected chi connectivity index (χ4v) is 4.11. The topological polar surface area (TPSA) is 46.5 Å². The summed E-state index contributed by atoms with van der Waals surface area (Å²) in [5.74, 6) is 0.0812. The van der Waals surface area contributed by atoms with Gasteiger partial charge in [-0.05, 0) is 12.0 Å². The van der Waals surface area contributed by atoms with Gasteiger partial charge in [-0.2, -0.15) is 0 Å². The molecule has 1 aromatic rings. The third-order valence-corrected chi connectivity index (χ3v) is 4.95. The number of fused-ring (bicyclic) bond motifs is 2. The van der Waals surface area contributed by atoms with Gasteiger partial charge in [0.25, 0.3) is 0 Å². The first kappa shape index (κ1) is 10.7. The van der Waals surface area contributed by atoms with E-state index in [2.05, 4.69) is 4.99 Å². The summed E-state index contributed by atoms with van der Waals surface area (Å²) in [6, 6.07) is 9.36. The molecule has 0 fully saturated rings. The number of aliphatic imine (C=N–C) groups is 1. The summed E-state index contributed by atoms with van der Waals surface area (Å²) in [5, 5.41) is 0.383. The average molecular weight is 247 g/mol. The van der Waals surface area contributed by atoms with E-state index in [9.17, 15) is 8.42 Å². The molecule has 2 unspecified atom stereocenters. The second kappa shape index (κ2) is 3.81. The first-order valence-corrected chi connectivity index (χ1v) is 7.33. The fourth-order valence-electron chi connectivity index (χ4n) is 2.40. The molecule has 2 bridgehead atoms. The van der Waals surface area contributed by atoms with Gasteiger partial charge in [-0.1, -0.05) is 42.5 Å². The van der Waals surface area contributed by atoms with Crippen LogP contribution < -0.4 is 0 Å². The van der Waals surface area contributed by atoms with Gasteiger partial charge in [0.1, 0.15) is 5.04 Å². The van der Waals surface area contributed by atoms with Crippen molar-refractivity contribution < 1.29 is 8.42 Å². The van der Waals surface area contributed by atoms with E-state index in [1.165, 1.54) is 0 Å². The summed E-state index contributed by atoms with van der Waals surface area (Å²) in [6.45, 7) is 0. The Balaban J connectivity index is 1.86. The second-order valence-corrected chi connectivity index (χ2v) is 6.44. The van der Waals surface area contributed by atoms with Crippen molar-refractivity contribution in [2.75, 3.05) is 0 Å². The van der Waals surface area contributed by atoms with E-state index in [-0.39, 0.29) is 17.7 Å². The van der Waals surface area contributed by atoms with Crippen LogP contribution in [0.5, 0.6) is 0 Å². The molecule has 0 saturated carbocycles. The predicted octanol–water partition coefficient (Wildman–Crippen LogP) is 1.96. The molecule has 2 atom stereocenters. The van der Waals surface area contributed by atoms with Gasteiger partial charge in [0.15, 0.2) is 9.84 Å². The van der Waals surface area contributed by atoms with E-state index in [1.807, 2.05) is 42.5 Å². The first-order chi connectivity index (χ1) is 8.15. The molecule has 3 rings (SSSR count). The van der Waals surface area contributed by atoms with Gasteiger partial charge in [0.2, 0.25) is 0 Å². The minimum atomic E-state index is -3.25. The molecule has 0 amide bonds. The maximum absolute atomic E-state index is 12.2. The summed E-state index contributed by atoms with van der Waals surface area (Å²) in [6.07, 6.45) is 4.80. The number of hydrogen-bond acceptors (Lipinski definition) is 3. The lowest BCUT2D eigenvalue weighted by molar-refractivity contribution is 0.605. The Kier molecular flexibility index (Phi) is 2.40. The fraction of sp³-hybridized carbons (Fsp3) is 0.308. The number of dihydropyridines is 1. The predicted molar refractivity (Wildman–Crippen MR) is 67.5 cm³/mol. The van der Waals surface area contributed by atoms with E-state index >= 15 is 0 Å². The Morgan fingerprint density at radius 2 is 1.94 bits per heavy atom. The molecule has 1 aliphatic heterocycles. The molecule has 0 saturated heterocycles. The van der Waals surface area contributed by atoms with Crippen LogP contribution in [0.2, 0.25) is 0 Å². The largest absolute Gasteiger partial charge is 0.270 e. The molecular formula is C13H13NO2S. The average Bonchev–Trinajstić information content (AvgIpc) is 2.91. The van der Waals surface area contributed by atoms with Crippen molar-refractivity contribution in [2.24, 2.45) is 10.9 Å². The van der Waals surface area contributed by atoms with Crippen LogP contribution >= 0.6 is 0 Å². The molecule has 17 heavy (non-hydrogen) atoms. The molecular weight excluding hydrogens is 234 g/mol. The Bertz CT molecular complexity index is 587. The lowest BCUT2D eigenvalue weighted by Gasteiger charge is -2.09. The van der Waals surface area contributed by atoms with Crippen molar-refractivity contribution in [3.8, 4) is 0 Å². The summed E-state index contributed by atoms with van der Waals surface area (Å²) >= 11 is 0.